The number of benzene rings is 1. The molecular formula is C10H13ClFNO4S2. The van der Waals surface area contributed by atoms with E-state index in [1.807, 2.05) is 0 Å². The summed E-state index contributed by atoms with van der Waals surface area (Å²) < 4.78 is 60.8. The van der Waals surface area contributed by atoms with Crippen LogP contribution in [0.1, 0.15) is 18.5 Å². The van der Waals surface area contributed by atoms with Gasteiger partial charge in [-0.15, -0.1) is 0 Å². The van der Waals surface area contributed by atoms with Crippen molar-refractivity contribution in [1.29, 1.82) is 0 Å². The summed E-state index contributed by atoms with van der Waals surface area (Å²) in [6, 6.07) is 2.98. The quantitative estimate of drug-likeness (QED) is 0.887. The topological polar surface area (TPSA) is 80.3 Å². The van der Waals surface area contributed by atoms with Crippen LogP contribution < -0.4 is 4.72 Å². The van der Waals surface area contributed by atoms with E-state index in [1.54, 1.807) is 0 Å². The van der Waals surface area contributed by atoms with Crippen molar-refractivity contribution >= 4 is 31.5 Å². The Morgan fingerprint density at radius 2 is 1.89 bits per heavy atom. The minimum Gasteiger partial charge on any atom is -0.228 e. The number of hydrogen-bond donors (Lipinski definition) is 1. The average Bonchev–Trinajstić information content (AvgIpc) is 2.11. The molecule has 0 aliphatic rings. The third-order valence-corrected chi connectivity index (χ3v) is 6.15. The van der Waals surface area contributed by atoms with Gasteiger partial charge in [0.1, 0.15) is 5.82 Å². The smallest absolute Gasteiger partial charge is 0.226 e. The molecule has 0 aliphatic heterocycles. The molecule has 0 unspecified atom stereocenters. The zero-order valence-electron chi connectivity index (χ0n) is 10.2. The van der Waals surface area contributed by atoms with Crippen LogP contribution in [0.5, 0.6) is 0 Å². The van der Waals surface area contributed by atoms with Crippen molar-refractivity contribution in [2.75, 3.05) is 11.3 Å². The van der Waals surface area contributed by atoms with Crippen LogP contribution in [-0.2, 0) is 19.9 Å². The van der Waals surface area contributed by atoms with E-state index >= 15 is 0 Å². The maximum atomic E-state index is 13.6. The molecule has 9 heteroatoms. The third kappa shape index (κ3) is 5.06. The van der Waals surface area contributed by atoms with Crippen molar-refractivity contribution in [1.82, 2.24) is 4.72 Å². The van der Waals surface area contributed by atoms with Gasteiger partial charge in [-0.2, -0.15) is 0 Å². The second-order valence-electron chi connectivity index (χ2n) is 4.13. The molecule has 0 bridgehead atoms. The minimum atomic E-state index is -4.08. The summed E-state index contributed by atoms with van der Waals surface area (Å²) in [4.78, 5) is 0. The van der Waals surface area contributed by atoms with Gasteiger partial charge in [-0.1, -0.05) is 17.7 Å². The van der Waals surface area contributed by atoms with Gasteiger partial charge in [0.15, 0.2) is 14.9 Å². The van der Waals surface area contributed by atoms with Gasteiger partial charge in [0.25, 0.3) is 0 Å². The first-order valence-corrected chi connectivity index (χ1v) is 9.22. The second kappa shape index (κ2) is 5.74. The van der Waals surface area contributed by atoms with Crippen molar-refractivity contribution in [3.8, 4) is 0 Å². The monoisotopic (exact) mass is 329 g/mol. The Morgan fingerprint density at radius 1 is 1.32 bits per heavy atom. The fourth-order valence-electron chi connectivity index (χ4n) is 1.57. The van der Waals surface area contributed by atoms with Crippen LogP contribution in [-0.4, -0.2) is 28.2 Å². The second-order valence-corrected chi connectivity index (χ2v) is 8.80. The summed E-state index contributed by atoms with van der Waals surface area (Å²) in [5.41, 5.74) is -0.0266. The molecule has 108 valence electrons. The maximum absolute atomic E-state index is 13.6. The van der Waals surface area contributed by atoms with E-state index < -0.39 is 36.8 Å². The molecule has 0 radical (unpaired) electrons. The van der Waals surface area contributed by atoms with Gasteiger partial charge < -0.3 is 0 Å². The summed E-state index contributed by atoms with van der Waals surface area (Å²) in [7, 11) is -7.79. The molecule has 0 saturated heterocycles. The fourth-order valence-corrected chi connectivity index (χ4v) is 5.08. The number of sulfonamides is 1. The molecule has 5 nitrogen and oxygen atoms in total. The highest BCUT2D eigenvalue weighted by molar-refractivity contribution is 8.06. The lowest BCUT2D eigenvalue weighted by Crippen LogP contribution is -2.32. The van der Waals surface area contributed by atoms with E-state index in [2.05, 4.69) is 4.72 Å². The first-order chi connectivity index (χ1) is 8.52. The molecule has 1 atom stereocenters. The third-order valence-electron chi connectivity index (χ3n) is 2.16. The van der Waals surface area contributed by atoms with Crippen LogP contribution in [0.3, 0.4) is 0 Å². The summed E-state index contributed by atoms with van der Waals surface area (Å²) >= 11 is 5.79. The predicted molar refractivity (Wildman–Crippen MR) is 71.6 cm³/mol. The molecule has 1 N–H and O–H groups in total. The Hall–Kier alpha value is -0.700. The molecular weight excluding hydrogens is 317 g/mol. The van der Waals surface area contributed by atoms with Crippen molar-refractivity contribution in [2.24, 2.45) is 0 Å². The summed E-state index contributed by atoms with van der Waals surface area (Å²) in [5, 5.41) is -0.995. The molecule has 0 fully saturated rings. The highest BCUT2D eigenvalue weighted by Gasteiger charge is 2.23. The van der Waals surface area contributed by atoms with Crippen LogP contribution in [0.4, 0.5) is 4.39 Å². The number of halogens is 2. The number of hydrogen-bond acceptors (Lipinski definition) is 4. The zero-order chi connectivity index (χ0) is 14.8. The van der Waals surface area contributed by atoms with Gasteiger partial charge >= 0.3 is 0 Å². The van der Waals surface area contributed by atoms with Gasteiger partial charge in [0.2, 0.25) is 10.0 Å². The van der Waals surface area contributed by atoms with Gasteiger partial charge in [-0.3, -0.25) is 0 Å². The molecule has 0 saturated carbocycles. The zero-order valence-corrected chi connectivity index (χ0v) is 12.6. The van der Waals surface area contributed by atoms with Gasteiger partial charge in [-0.05, 0) is 19.1 Å². The van der Waals surface area contributed by atoms with Crippen LogP contribution in [0, 0.1) is 5.82 Å². The number of sulfone groups is 1. The molecule has 0 aliphatic carbocycles. The highest BCUT2D eigenvalue weighted by Crippen LogP contribution is 2.26. The van der Waals surface area contributed by atoms with E-state index in [-0.39, 0.29) is 10.6 Å². The molecule has 1 aromatic carbocycles. The first-order valence-electron chi connectivity index (χ1n) is 5.13. The van der Waals surface area contributed by atoms with Crippen LogP contribution in [0.2, 0.25) is 5.02 Å². The Labute approximate surface area is 116 Å². The summed E-state index contributed by atoms with van der Waals surface area (Å²) in [6.45, 7) is 1.38. The van der Waals surface area contributed by atoms with E-state index in [0.717, 1.165) is 12.3 Å². The average molecular weight is 330 g/mol. The molecule has 1 aromatic rings. The Morgan fingerprint density at radius 3 is 2.37 bits per heavy atom. The lowest BCUT2D eigenvalue weighted by Gasteiger charge is -2.16. The van der Waals surface area contributed by atoms with Crippen molar-refractivity contribution < 1.29 is 21.2 Å². The van der Waals surface area contributed by atoms with E-state index in [1.165, 1.54) is 19.1 Å². The maximum Gasteiger partial charge on any atom is 0.226 e. The van der Waals surface area contributed by atoms with E-state index in [9.17, 15) is 21.2 Å². The van der Waals surface area contributed by atoms with E-state index in [0.29, 0.717) is 0 Å². The van der Waals surface area contributed by atoms with Gasteiger partial charge in [-0.25, -0.2) is 25.9 Å². The highest BCUT2D eigenvalue weighted by atomic mass is 35.5. The first kappa shape index (κ1) is 16.4. The normalized spacial score (nSPS) is 14.3. The predicted octanol–water partition coefficient (Wildman–Crippen LogP) is 1.46. The number of nitrogens with one attached hydrogen (secondary N) is 1. The molecule has 0 heterocycles. The minimum absolute atomic E-state index is 0.0266. The Bertz CT molecular complexity index is 653. The molecule has 1 rings (SSSR count). The van der Waals surface area contributed by atoms with Crippen LogP contribution in [0.15, 0.2) is 18.2 Å². The fraction of sp³-hybridized carbons (Fsp3) is 0.400. The largest absolute Gasteiger partial charge is 0.228 e. The molecule has 0 amide bonds. The summed E-state index contributed by atoms with van der Waals surface area (Å²) in [5.74, 6) is -0.665. The molecule has 0 spiro atoms. The van der Waals surface area contributed by atoms with Crippen LogP contribution >= 0.6 is 11.6 Å². The van der Waals surface area contributed by atoms with E-state index in [4.69, 9.17) is 11.6 Å². The van der Waals surface area contributed by atoms with Crippen LogP contribution in [0.25, 0.3) is 0 Å². The van der Waals surface area contributed by atoms with Crippen molar-refractivity contribution in [2.45, 2.75) is 13.0 Å². The van der Waals surface area contributed by atoms with Gasteiger partial charge in [0, 0.05) is 22.9 Å². The van der Waals surface area contributed by atoms with Crippen molar-refractivity contribution in [3.05, 3.63) is 34.6 Å². The lowest BCUT2D eigenvalue weighted by atomic mass is 10.1. The van der Waals surface area contributed by atoms with Crippen molar-refractivity contribution in [3.63, 3.8) is 0 Å². The molecule has 19 heavy (non-hydrogen) atoms. The van der Waals surface area contributed by atoms with Gasteiger partial charge in [0.05, 0.1) is 0 Å². The Kier molecular flexibility index (Phi) is 4.94. The summed E-state index contributed by atoms with van der Waals surface area (Å²) in [6.07, 6.45) is 0.799. The standard InChI is InChI=1S/C10H13ClFNO4S2/c1-7(10-8(11)4-3-5-9(10)12)13-19(16,17)6-18(2,14)15/h3-5,7,13H,6H2,1-2H3/t7-/m0/s1. The molecule has 0 aromatic heterocycles. The SMILES string of the molecule is C[C@H](NS(=O)(=O)CS(C)(=O)=O)c1c(F)cccc1Cl. The Balaban J connectivity index is 3.01. The number of rotatable bonds is 5. The lowest BCUT2D eigenvalue weighted by molar-refractivity contribution is 0.552.